The minimum atomic E-state index is -0.585. The van der Waals surface area contributed by atoms with Crippen molar-refractivity contribution in [3.63, 3.8) is 0 Å². The van der Waals surface area contributed by atoms with Crippen molar-refractivity contribution >= 4 is 10.9 Å². The molecular weight excluding hydrogens is 273 g/mol. The second-order valence-corrected chi connectivity index (χ2v) is 5.54. The van der Waals surface area contributed by atoms with Gasteiger partial charge in [-0.1, -0.05) is 12.5 Å². The first-order valence-electron chi connectivity index (χ1n) is 7.21. The molecule has 0 saturated carbocycles. The van der Waals surface area contributed by atoms with Gasteiger partial charge in [0.05, 0.1) is 10.9 Å². The van der Waals surface area contributed by atoms with Crippen LogP contribution in [0.3, 0.4) is 0 Å². The number of benzene rings is 1. The van der Waals surface area contributed by atoms with Crippen LogP contribution in [0, 0.1) is 5.82 Å². The zero-order valence-electron chi connectivity index (χ0n) is 11.9. The van der Waals surface area contributed by atoms with Gasteiger partial charge in [0.15, 0.2) is 0 Å². The van der Waals surface area contributed by atoms with Gasteiger partial charge in [0, 0.05) is 19.6 Å². The van der Waals surface area contributed by atoms with Crippen molar-refractivity contribution in [2.24, 2.45) is 7.05 Å². The molecule has 1 unspecified atom stereocenters. The van der Waals surface area contributed by atoms with Gasteiger partial charge < -0.3 is 5.32 Å². The topological polar surface area (TPSA) is 56.0 Å². The highest BCUT2D eigenvalue weighted by atomic mass is 19.1. The molecule has 112 valence electrons. The van der Waals surface area contributed by atoms with Crippen molar-refractivity contribution in [2.75, 3.05) is 6.54 Å². The number of nitrogens with zero attached hydrogens (tertiary/aromatic N) is 2. The molecule has 1 aromatic carbocycles. The van der Waals surface area contributed by atoms with Gasteiger partial charge in [0.2, 0.25) is 0 Å². The number of aromatic nitrogens is 2. The lowest BCUT2D eigenvalue weighted by Gasteiger charge is -2.24. The monoisotopic (exact) mass is 291 g/mol. The van der Waals surface area contributed by atoms with Gasteiger partial charge in [0.25, 0.3) is 5.56 Å². The summed E-state index contributed by atoms with van der Waals surface area (Å²) in [5.41, 5.74) is -0.609. The number of hydrogen-bond acceptors (Lipinski definition) is 3. The van der Waals surface area contributed by atoms with Crippen LogP contribution in [0.1, 0.15) is 19.3 Å². The van der Waals surface area contributed by atoms with Crippen LogP contribution in [0.4, 0.5) is 4.39 Å². The van der Waals surface area contributed by atoms with E-state index in [1.54, 1.807) is 13.1 Å². The molecule has 1 fully saturated rings. The molecule has 0 spiro atoms. The van der Waals surface area contributed by atoms with E-state index < -0.39 is 17.1 Å². The number of fused-ring (bicyclic) bond motifs is 1. The minimum absolute atomic E-state index is 0.0181. The Morgan fingerprint density at radius 3 is 2.86 bits per heavy atom. The Morgan fingerprint density at radius 1 is 1.33 bits per heavy atom. The molecule has 1 aromatic heterocycles. The molecule has 0 aliphatic carbocycles. The van der Waals surface area contributed by atoms with Crippen LogP contribution >= 0.6 is 0 Å². The molecule has 1 atom stereocenters. The summed E-state index contributed by atoms with van der Waals surface area (Å²) in [6, 6.07) is 4.43. The maximum atomic E-state index is 14.0. The first-order chi connectivity index (χ1) is 10.1. The lowest BCUT2D eigenvalue weighted by atomic mass is 10.1. The molecule has 21 heavy (non-hydrogen) atoms. The van der Waals surface area contributed by atoms with Crippen LogP contribution in [-0.4, -0.2) is 21.7 Å². The summed E-state index contributed by atoms with van der Waals surface area (Å²) in [6.07, 6.45) is 3.11. The molecule has 2 aromatic rings. The maximum absolute atomic E-state index is 14.0. The highest BCUT2D eigenvalue weighted by Gasteiger charge is 2.18. The molecule has 0 amide bonds. The average Bonchev–Trinajstić information content (AvgIpc) is 2.50. The Hall–Kier alpha value is -1.95. The van der Waals surface area contributed by atoms with Crippen molar-refractivity contribution in [3.8, 4) is 0 Å². The first kappa shape index (κ1) is 14.0. The number of nitrogens with one attached hydrogen (secondary N) is 1. The van der Waals surface area contributed by atoms with E-state index in [4.69, 9.17) is 0 Å². The Kier molecular flexibility index (Phi) is 3.63. The van der Waals surface area contributed by atoms with Crippen molar-refractivity contribution in [2.45, 2.75) is 31.8 Å². The summed E-state index contributed by atoms with van der Waals surface area (Å²) < 4.78 is 16.5. The number of halogens is 1. The SMILES string of the molecule is Cn1c(=O)n(CC2CCCCN2)c(=O)c2c(F)cccc21. The maximum Gasteiger partial charge on any atom is 0.331 e. The average molecular weight is 291 g/mol. The summed E-state index contributed by atoms with van der Waals surface area (Å²) in [6.45, 7) is 1.18. The predicted molar refractivity (Wildman–Crippen MR) is 79.0 cm³/mol. The summed E-state index contributed by atoms with van der Waals surface area (Å²) in [4.78, 5) is 24.8. The van der Waals surface area contributed by atoms with Crippen LogP contribution in [0.15, 0.2) is 27.8 Å². The Morgan fingerprint density at radius 2 is 2.14 bits per heavy atom. The van der Waals surface area contributed by atoms with Crippen molar-refractivity contribution < 1.29 is 4.39 Å². The van der Waals surface area contributed by atoms with Gasteiger partial charge in [-0.3, -0.25) is 13.9 Å². The van der Waals surface area contributed by atoms with E-state index in [1.807, 2.05) is 0 Å². The van der Waals surface area contributed by atoms with Crippen molar-refractivity contribution in [3.05, 3.63) is 44.9 Å². The second kappa shape index (κ2) is 5.44. The molecule has 1 aliphatic rings. The normalized spacial score (nSPS) is 19.0. The van der Waals surface area contributed by atoms with Gasteiger partial charge in [-0.2, -0.15) is 0 Å². The van der Waals surface area contributed by atoms with Crippen LogP contribution in [0.25, 0.3) is 10.9 Å². The number of piperidine rings is 1. The zero-order chi connectivity index (χ0) is 15.0. The third-order valence-electron chi connectivity index (χ3n) is 4.15. The second-order valence-electron chi connectivity index (χ2n) is 5.54. The van der Waals surface area contributed by atoms with E-state index in [0.29, 0.717) is 5.52 Å². The van der Waals surface area contributed by atoms with Crippen LogP contribution in [0.5, 0.6) is 0 Å². The highest BCUT2D eigenvalue weighted by molar-refractivity contribution is 5.78. The van der Waals surface area contributed by atoms with Crippen molar-refractivity contribution in [1.29, 1.82) is 0 Å². The van der Waals surface area contributed by atoms with E-state index in [2.05, 4.69) is 5.32 Å². The standard InChI is InChI=1S/C15H18FN3O2/c1-18-12-7-4-6-11(16)13(12)14(20)19(15(18)21)9-10-5-2-3-8-17-10/h4,6-7,10,17H,2-3,5,8-9H2,1H3. The predicted octanol–water partition coefficient (Wildman–Crippen LogP) is 0.981. The van der Waals surface area contributed by atoms with E-state index in [1.165, 1.54) is 16.7 Å². The summed E-state index contributed by atoms with van der Waals surface area (Å²) in [7, 11) is 1.56. The Balaban J connectivity index is 2.16. The number of hydrogen-bond donors (Lipinski definition) is 1. The molecule has 6 heteroatoms. The fourth-order valence-electron chi connectivity index (χ4n) is 2.97. The van der Waals surface area contributed by atoms with E-state index in [0.717, 1.165) is 30.4 Å². The summed E-state index contributed by atoms with van der Waals surface area (Å²) >= 11 is 0. The molecule has 1 aliphatic heterocycles. The van der Waals surface area contributed by atoms with Gasteiger partial charge >= 0.3 is 5.69 Å². The smallest absolute Gasteiger partial charge is 0.312 e. The molecule has 5 nitrogen and oxygen atoms in total. The Labute approximate surface area is 121 Å². The number of aryl methyl sites for hydroxylation is 1. The lowest BCUT2D eigenvalue weighted by Crippen LogP contribution is -2.46. The van der Waals surface area contributed by atoms with Gasteiger partial charge in [0.1, 0.15) is 5.82 Å². The molecule has 0 radical (unpaired) electrons. The van der Waals surface area contributed by atoms with Crippen LogP contribution in [0.2, 0.25) is 0 Å². The van der Waals surface area contributed by atoms with Gasteiger partial charge in [-0.15, -0.1) is 0 Å². The molecular formula is C15H18FN3O2. The zero-order valence-corrected chi connectivity index (χ0v) is 11.9. The van der Waals surface area contributed by atoms with Crippen molar-refractivity contribution in [1.82, 2.24) is 14.5 Å². The Bertz CT molecular complexity index is 788. The minimum Gasteiger partial charge on any atom is -0.312 e. The molecule has 2 heterocycles. The third-order valence-corrected chi connectivity index (χ3v) is 4.15. The molecule has 3 rings (SSSR count). The fourth-order valence-corrected chi connectivity index (χ4v) is 2.97. The van der Waals surface area contributed by atoms with Gasteiger partial charge in [-0.05, 0) is 31.5 Å². The molecule has 1 N–H and O–H groups in total. The van der Waals surface area contributed by atoms with Crippen LogP contribution < -0.4 is 16.6 Å². The first-order valence-corrected chi connectivity index (χ1v) is 7.21. The van der Waals surface area contributed by atoms with E-state index >= 15 is 0 Å². The van der Waals surface area contributed by atoms with E-state index in [9.17, 15) is 14.0 Å². The summed E-state index contributed by atoms with van der Waals surface area (Å²) in [5, 5.41) is 3.28. The van der Waals surface area contributed by atoms with Gasteiger partial charge in [-0.25, -0.2) is 9.18 Å². The third kappa shape index (κ3) is 2.40. The lowest BCUT2D eigenvalue weighted by molar-refractivity contribution is 0.353. The number of rotatable bonds is 2. The highest BCUT2D eigenvalue weighted by Crippen LogP contribution is 2.12. The largest absolute Gasteiger partial charge is 0.331 e. The van der Waals surface area contributed by atoms with E-state index in [-0.39, 0.29) is 18.0 Å². The van der Waals surface area contributed by atoms with Crippen LogP contribution in [-0.2, 0) is 13.6 Å². The molecule has 0 bridgehead atoms. The molecule has 1 saturated heterocycles. The fraction of sp³-hybridized carbons (Fsp3) is 0.467. The summed E-state index contributed by atoms with van der Waals surface area (Å²) in [5.74, 6) is -0.585. The quantitative estimate of drug-likeness (QED) is 0.897.